The number of nitrogens with one attached hydrogen (secondary N) is 1. The Hall–Kier alpha value is -1.97. The molecule has 0 unspecified atom stereocenters. The summed E-state index contributed by atoms with van der Waals surface area (Å²) in [7, 11) is 0. The van der Waals surface area contributed by atoms with E-state index in [0.717, 1.165) is 50.1 Å². The Bertz CT molecular complexity index is 898. The fourth-order valence-corrected chi connectivity index (χ4v) is 5.10. The number of allylic oxidation sites excluding steroid dienone is 1. The van der Waals surface area contributed by atoms with Crippen molar-refractivity contribution in [2.45, 2.75) is 56.4 Å². The smallest absolute Gasteiger partial charge is 0.162 e. The van der Waals surface area contributed by atoms with Gasteiger partial charge in [0.05, 0.1) is 0 Å². The highest BCUT2D eigenvalue weighted by Gasteiger charge is 2.38. The van der Waals surface area contributed by atoms with Crippen LogP contribution in [-0.2, 0) is 5.41 Å². The maximum Gasteiger partial charge on any atom is 0.162 e. The molecule has 0 amide bonds. The maximum atomic E-state index is 13.0. The van der Waals surface area contributed by atoms with Gasteiger partial charge in [0.1, 0.15) is 5.82 Å². The van der Waals surface area contributed by atoms with E-state index >= 15 is 0 Å². The summed E-state index contributed by atoms with van der Waals surface area (Å²) in [6.07, 6.45) is 11.5. The van der Waals surface area contributed by atoms with Gasteiger partial charge in [-0.3, -0.25) is 4.79 Å². The van der Waals surface area contributed by atoms with Crippen molar-refractivity contribution in [1.29, 1.82) is 0 Å². The Labute approximate surface area is 177 Å². The third kappa shape index (κ3) is 4.46. The third-order valence-corrected chi connectivity index (χ3v) is 6.87. The highest BCUT2D eigenvalue weighted by Crippen LogP contribution is 2.47. The highest BCUT2D eigenvalue weighted by atomic mass is 35.5. The SMILES string of the molecule is O=C(CCCNC1CCC2(CC=Cc3c(Cl)cccc32)CC1)c1ccc(F)cc1. The van der Waals surface area contributed by atoms with Crippen molar-refractivity contribution in [2.24, 2.45) is 0 Å². The monoisotopic (exact) mass is 411 g/mol. The van der Waals surface area contributed by atoms with E-state index in [1.54, 1.807) is 12.1 Å². The molecule has 2 aliphatic carbocycles. The van der Waals surface area contributed by atoms with Crippen LogP contribution in [0.15, 0.2) is 48.5 Å². The summed E-state index contributed by atoms with van der Waals surface area (Å²) in [5.41, 5.74) is 3.43. The van der Waals surface area contributed by atoms with Gasteiger partial charge in [-0.05, 0) is 91.9 Å². The second-order valence-corrected chi connectivity index (χ2v) is 8.76. The molecular formula is C25H27ClFNO. The minimum Gasteiger partial charge on any atom is -0.314 e. The molecule has 152 valence electrons. The highest BCUT2D eigenvalue weighted by molar-refractivity contribution is 6.32. The first-order valence-corrected chi connectivity index (χ1v) is 10.9. The predicted molar refractivity (Wildman–Crippen MR) is 117 cm³/mol. The molecule has 1 fully saturated rings. The van der Waals surface area contributed by atoms with Crippen LogP contribution in [0.1, 0.15) is 66.4 Å². The Morgan fingerprint density at radius 3 is 2.66 bits per heavy atom. The van der Waals surface area contributed by atoms with Crippen molar-refractivity contribution in [3.05, 3.63) is 76.1 Å². The lowest BCUT2D eigenvalue weighted by Gasteiger charge is -2.43. The number of ketones is 1. The quantitative estimate of drug-likeness (QED) is 0.444. The molecule has 2 aromatic carbocycles. The van der Waals surface area contributed by atoms with Crippen LogP contribution in [0.25, 0.3) is 6.08 Å². The van der Waals surface area contributed by atoms with Crippen LogP contribution in [0.2, 0.25) is 5.02 Å². The molecule has 0 saturated heterocycles. The van der Waals surface area contributed by atoms with Crippen LogP contribution in [0, 0.1) is 5.82 Å². The van der Waals surface area contributed by atoms with E-state index in [2.05, 4.69) is 29.6 Å². The van der Waals surface area contributed by atoms with E-state index in [1.165, 1.54) is 23.3 Å². The van der Waals surface area contributed by atoms with E-state index < -0.39 is 0 Å². The molecule has 1 saturated carbocycles. The minimum absolute atomic E-state index is 0.0804. The molecule has 4 heteroatoms. The Kier molecular flexibility index (Phi) is 6.17. The number of Topliss-reactive ketones (excluding diaryl/α,β-unsaturated/α-hetero) is 1. The van der Waals surface area contributed by atoms with Crippen molar-refractivity contribution < 1.29 is 9.18 Å². The fourth-order valence-electron chi connectivity index (χ4n) is 4.86. The number of benzene rings is 2. The fraction of sp³-hybridized carbons (Fsp3) is 0.400. The molecule has 2 aliphatic rings. The number of rotatable bonds is 6. The topological polar surface area (TPSA) is 29.1 Å². The average molecular weight is 412 g/mol. The summed E-state index contributed by atoms with van der Waals surface area (Å²) in [6.45, 7) is 0.840. The summed E-state index contributed by atoms with van der Waals surface area (Å²) in [6, 6.07) is 12.6. The number of fused-ring (bicyclic) bond motifs is 2. The van der Waals surface area contributed by atoms with E-state index in [4.69, 9.17) is 11.6 Å². The van der Waals surface area contributed by atoms with E-state index in [1.807, 2.05) is 6.07 Å². The van der Waals surface area contributed by atoms with Gasteiger partial charge in [-0.25, -0.2) is 4.39 Å². The van der Waals surface area contributed by atoms with E-state index in [9.17, 15) is 9.18 Å². The average Bonchev–Trinajstić information content (AvgIpc) is 2.74. The molecule has 4 rings (SSSR count). The first-order valence-electron chi connectivity index (χ1n) is 10.6. The van der Waals surface area contributed by atoms with Gasteiger partial charge < -0.3 is 5.32 Å². The van der Waals surface area contributed by atoms with Crippen molar-refractivity contribution in [2.75, 3.05) is 6.54 Å². The van der Waals surface area contributed by atoms with Gasteiger partial charge in [0.25, 0.3) is 0 Å². The van der Waals surface area contributed by atoms with Crippen LogP contribution in [0.3, 0.4) is 0 Å². The number of halogens is 2. The zero-order valence-electron chi connectivity index (χ0n) is 16.6. The predicted octanol–water partition coefficient (Wildman–Crippen LogP) is 6.33. The van der Waals surface area contributed by atoms with Crippen LogP contribution in [0.5, 0.6) is 0 Å². The molecule has 0 aliphatic heterocycles. The molecule has 2 nitrogen and oxygen atoms in total. The molecule has 1 spiro atoms. The van der Waals surface area contributed by atoms with Gasteiger partial charge in [0.2, 0.25) is 0 Å². The van der Waals surface area contributed by atoms with Gasteiger partial charge in [-0.1, -0.05) is 35.9 Å². The van der Waals surface area contributed by atoms with Crippen molar-refractivity contribution in [3.8, 4) is 0 Å². The van der Waals surface area contributed by atoms with E-state index in [-0.39, 0.29) is 17.0 Å². The zero-order valence-corrected chi connectivity index (χ0v) is 17.4. The standard InChI is InChI=1S/C25H27ClFNO/c26-23-6-1-5-22-21(23)4-2-14-25(22)15-12-20(13-16-25)28-17-3-7-24(29)18-8-10-19(27)11-9-18/h1-2,4-6,8-11,20,28H,3,7,12-17H2. The van der Waals surface area contributed by atoms with Gasteiger partial charge in [-0.2, -0.15) is 0 Å². The van der Waals surface area contributed by atoms with Gasteiger partial charge in [0.15, 0.2) is 5.78 Å². The molecule has 0 heterocycles. The van der Waals surface area contributed by atoms with Crippen LogP contribution in [0.4, 0.5) is 4.39 Å². The van der Waals surface area contributed by atoms with Crippen LogP contribution >= 0.6 is 11.6 Å². The summed E-state index contributed by atoms with van der Waals surface area (Å²) in [5.74, 6) is -0.228. The van der Waals surface area contributed by atoms with Crippen molar-refractivity contribution in [1.82, 2.24) is 5.32 Å². The zero-order chi connectivity index (χ0) is 20.3. The Balaban J connectivity index is 1.25. The third-order valence-electron chi connectivity index (χ3n) is 6.54. The first-order chi connectivity index (χ1) is 14.1. The minimum atomic E-state index is -0.309. The second kappa shape index (κ2) is 8.81. The largest absolute Gasteiger partial charge is 0.314 e. The van der Waals surface area contributed by atoms with Crippen LogP contribution in [-0.4, -0.2) is 18.4 Å². The molecule has 0 aromatic heterocycles. The molecule has 2 aromatic rings. The van der Waals surface area contributed by atoms with Crippen molar-refractivity contribution in [3.63, 3.8) is 0 Å². The first kappa shape index (κ1) is 20.3. The Morgan fingerprint density at radius 1 is 1.14 bits per heavy atom. The van der Waals surface area contributed by atoms with Gasteiger partial charge >= 0.3 is 0 Å². The normalized spacial score (nSPS) is 23.2. The molecule has 0 atom stereocenters. The number of carbonyl (C=O) groups excluding carboxylic acids is 1. The molecule has 0 radical (unpaired) electrons. The molecule has 0 bridgehead atoms. The maximum absolute atomic E-state index is 13.0. The van der Waals surface area contributed by atoms with Gasteiger partial charge in [0, 0.05) is 23.0 Å². The van der Waals surface area contributed by atoms with E-state index in [0.29, 0.717) is 18.0 Å². The van der Waals surface area contributed by atoms with Gasteiger partial charge in [-0.15, -0.1) is 0 Å². The molecular weight excluding hydrogens is 385 g/mol. The number of carbonyl (C=O) groups is 1. The Morgan fingerprint density at radius 2 is 1.90 bits per heavy atom. The summed E-state index contributed by atoms with van der Waals surface area (Å²) in [4.78, 5) is 12.2. The lowest BCUT2D eigenvalue weighted by atomic mass is 9.63. The van der Waals surface area contributed by atoms with Crippen molar-refractivity contribution >= 4 is 23.5 Å². The molecule has 29 heavy (non-hydrogen) atoms. The van der Waals surface area contributed by atoms with Crippen LogP contribution < -0.4 is 5.32 Å². The number of hydrogen-bond donors (Lipinski definition) is 1. The summed E-state index contributed by atoms with van der Waals surface area (Å²) >= 11 is 6.43. The second-order valence-electron chi connectivity index (χ2n) is 8.35. The lowest BCUT2D eigenvalue weighted by Crippen LogP contribution is -2.41. The summed E-state index contributed by atoms with van der Waals surface area (Å²) in [5, 5.41) is 4.49. The summed E-state index contributed by atoms with van der Waals surface area (Å²) < 4.78 is 13.0. The number of hydrogen-bond acceptors (Lipinski definition) is 2. The molecule has 1 N–H and O–H groups in total. The lowest BCUT2D eigenvalue weighted by molar-refractivity contribution is 0.0979.